The topological polar surface area (TPSA) is 106 Å². The monoisotopic (exact) mass is 478 g/mol. The van der Waals surface area contributed by atoms with Gasteiger partial charge >= 0.3 is 0 Å². The van der Waals surface area contributed by atoms with Gasteiger partial charge in [0.25, 0.3) is 0 Å². The largest absolute Gasteiger partial charge is 0.494 e. The lowest BCUT2D eigenvalue weighted by Gasteiger charge is -2.24. The zero-order valence-electron chi connectivity index (χ0n) is 19.9. The summed E-state index contributed by atoms with van der Waals surface area (Å²) in [5.74, 6) is 1.53. The molecule has 0 saturated carbocycles. The second-order valence-corrected chi connectivity index (χ2v) is 8.46. The molecule has 4 aromatic rings. The van der Waals surface area contributed by atoms with Crippen molar-refractivity contribution in [3.8, 4) is 34.7 Å². The van der Waals surface area contributed by atoms with E-state index in [0.717, 1.165) is 45.9 Å². The summed E-state index contributed by atoms with van der Waals surface area (Å²) >= 11 is 0. The number of allylic oxidation sites excluding steroid dienone is 1. The van der Waals surface area contributed by atoms with Crippen LogP contribution in [0.3, 0.4) is 0 Å². The smallest absolute Gasteiger partial charge is 0.244 e. The Balaban J connectivity index is 1.45. The van der Waals surface area contributed by atoms with E-state index in [0.29, 0.717) is 24.7 Å². The molecule has 1 aliphatic heterocycles. The minimum Gasteiger partial charge on any atom is -0.494 e. The maximum Gasteiger partial charge on any atom is 0.244 e. The molecule has 7 heteroatoms. The predicted octanol–water partition coefficient (Wildman–Crippen LogP) is 5.66. The quantitative estimate of drug-likeness (QED) is 0.338. The van der Waals surface area contributed by atoms with E-state index < -0.39 is 5.92 Å². The number of fused-ring (bicyclic) bond motifs is 1. The summed E-state index contributed by atoms with van der Waals surface area (Å²) in [4.78, 5) is 0. The first kappa shape index (κ1) is 23.1. The molecule has 3 N–H and O–H groups in total. The highest BCUT2D eigenvalue weighted by molar-refractivity contribution is 5.71. The van der Waals surface area contributed by atoms with Crippen LogP contribution in [0.1, 0.15) is 36.0 Å². The Morgan fingerprint density at radius 3 is 2.36 bits per heavy atom. The maximum absolute atomic E-state index is 9.94. The van der Waals surface area contributed by atoms with Crippen LogP contribution in [0.25, 0.3) is 11.3 Å². The summed E-state index contributed by atoms with van der Waals surface area (Å²) in [7, 11) is 0. The van der Waals surface area contributed by atoms with Crippen molar-refractivity contribution in [1.82, 2.24) is 10.2 Å². The number of hydrogen-bond donors (Lipinski definition) is 2. The van der Waals surface area contributed by atoms with Gasteiger partial charge in [-0.05, 0) is 53.9 Å². The first-order valence-electron chi connectivity index (χ1n) is 11.8. The van der Waals surface area contributed by atoms with Crippen molar-refractivity contribution in [3.63, 3.8) is 0 Å². The van der Waals surface area contributed by atoms with Crippen LogP contribution in [-0.4, -0.2) is 16.8 Å². The van der Waals surface area contributed by atoms with E-state index in [1.807, 2.05) is 78.9 Å². The molecule has 36 heavy (non-hydrogen) atoms. The van der Waals surface area contributed by atoms with Crippen molar-refractivity contribution in [3.05, 3.63) is 107 Å². The molecule has 0 fully saturated rings. The molecule has 1 aromatic heterocycles. The number of aromatic nitrogens is 2. The lowest BCUT2D eigenvalue weighted by Crippen LogP contribution is -2.21. The number of nitrogens with zero attached hydrogens (tertiary/aromatic N) is 2. The van der Waals surface area contributed by atoms with Crippen LogP contribution < -0.4 is 19.9 Å². The lowest BCUT2D eigenvalue weighted by molar-refractivity contribution is 0.306. The van der Waals surface area contributed by atoms with Gasteiger partial charge in [0, 0.05) is 5.56 Å². The van der Waals surface area contributed by atoms with Gasteiger partial charge in [0.15, 0.2) is 0 Å². The van der Waals surface area contributed by atoms with E-state index in [9.17, 15) is 5.26 Å². The third-order valence-corrected chi connectivity index (χ3v) is 6.02. The van der Waals surface area contributed by atoms with Crippen molar-refractivity contribution >= 4 is 0 Å². The highest BCUT2D eigenvalue weighted by Crippen LogP contribution is 2.46. The summed E-state index contributed by atoms with van der Waals surface area (Å²) < 4.78 is 17.4. The van der Waals surface area contributed by atoms with Crippen molar-refractivity contribution in [2.24, 2.45) is 5.73 Å². The lowest BCUT2D eigenvalue weighted by atomic mass is 9.83. The normalized spacial score (nSPS) is 14.5. The van der Waals surface area contributed by atoms with E-state index in [4.69, 9.17) is 19.9 Å². The van der Waals surface area contributed by atoms with E-state index in [1.165, 1.54) is 0 Å². The fourth-order valence-electron chi connectivity index (χ4n) is 4.23. The highest BCUT2D eigenvalue weighted by Gasteiger charge is 2.35. The van der Waals surface area contributed by atoms with Crippen LogP contribution in [0.4, 0.5) is 0 Å². The Morgan fingerprint density at radius 1 is 0.972 bits per heavy atom. The molecule has 180 valence electrons. The molecule has 0 spiro atoms. The van der Waals surface area contributed by atoms with Gasteiger partial charge < -0.3 is 19.9 Å². The number of nitrogens with one attached hydrogen (secondary N) is 1. The molecule has 0 radical (unpaired) electrons. The average Bonchev–Trinajstić information content (AvgIpc) is 3.34. The zero-order valence-corrected chi connectivity index (χ0v) is 19.9. The number of hydrogen-bond acceptors (Lipinski definition) is 6. The molecule has 0 aliphatic carbocycles. The molecule has 0 unspecified atom stereocenters. The molecule has 1 atom stereocenters. The minimum atomic E-state index is -0.429. The van der Waals surface area contributed by atoms with Gasteiger partial charge in [0.1, 0.15) is 29.7 Å². The van der Waals surface area contributed by atoms with Crippen LogP contribution >= 0.6 is 0 Å². The number of aromatic amines is 1. The van der Waals surface area contributed by atoms with Gasteiger partial charge in [0.2, 0.25) is 11.8 Å². The molecule has 1 aliphatic rings. The van der Waals surface area contributed by atoms with Gasteiger partial charge in [-0.25, -0.2) is 0 Å². The molecule has 0 bridgehead atoms. The molecule has 0 saturated heterocycles. The Hall–Kier alpha value is -4.70. The van der Waals surface area contributed by atoms with Gasteiger partial charge in [-0.2, -0.15) is 5.26 Å². The SMILES string of the molecule is CCCOc1ccc([C@@H]2C(C#N)=C(N)Oc3n[nH]c(-c4ccc(OCc5ccccc5)cc4)c32)cc1. The first-order chi connectivity index (χ1) is 17.7. The number of rotatable bonds is 8. The van der Waals surface area contributed by atoms with Gasteiger partial charge in [0.05, 0.1) is 23.8 Å². The van der Waals surface area contributed by atoms with Crippen molar-refractivity contribution in [2.75, 3.05) is 6.61 Å². The van der Waals surface area contributed by atoms with E-state index in [2.05, 4.69) is 23.2 Å². The standard InChI is InChI=1S/C29H26N4O3/c1-2-16-34-22-12-8-20(9-13-22)25-24(17-30)28(31)36-29-26(25)27(32-33-29)21-10-14-23(15-11-21)35-18-19-6-4-3-5-7-19/h3-15,25H,2,16,18,31H2,1H3,(H,32,33)/t25-/m1/s1. The summed E-state index contributed by atoms with van der Waals surface area (Å²) in [5.41, 5.74) is 10.9. The van der Waals surface area contributed by atoms with E-state index in [-0.39, 0.29) is 5.88 Å². The summed E-state index contributed by atoms with van der Waals surface area (Å²) in [6.45, 7) is 3.20. The average molecular weight is 479 g/mol. The van der Waals surface area contributed by atoms with Crippen molar-refractivity contribution in [2.45, 2.75) is 25.9 Å². The minimum absolute atomic E-state index is 0.0593. The fraction of sp³-hybridized carbons (Fsp3) is 0.172. The molecule has 5 rings (SSSR count). The number of benzene rings is 3. The molecular formula is C29H26N4O3. The molecule has 0 amide bonds. The Morgan fingerprint density at radius 2 is 1.67 bits per heavy atom. The van der Waals surface area contributed by atoms with Crippen molar-refractivity contribution in [1.29, 1.82) is 5.26 Å². The molecule has 7 nitrogen and oxygen atoms in total. The number of ether oxygens (including phenoxy) is 3. The van der Waals surface area contributed by atoms with Crippen molar-refractivity contribution < 1.29 is 14.2 Å². The third-order valence-electron chi connectivity index (χ3n) is 6.02. The van der Waals surface area contributed by atoms with Crippen LogP contribution in [0.5, 0.6) is 17.4 Å². The zero-order chi connectivity index (χ0) is 24.9. The maximum atomic E-state index is 9.94. The van der Waals surface area contributed by atoms with Gasteiger partial charge in [-0.1, -0.05) is 49.4 Å². The predicted molar refractivity (Wildman–Crippen MR) is 136 cm³/mol. The Kier molecular flexibility index (Phi) is 6.59. The van der Waals surface area contributed by atoms with Crippen LogP contribution in [-0.2, 0) is 6.61 Å². The van der Waals surface area contributed by atoms with Crippen LogP contribution in [0, 0.1) is 11.3 Å². The van der Waals surface area contributed by atoms with Crippen LogP contribution in [0.2, 0.25) is 0 Å². The second kappa shape index (κ2) is 10.3. The second-order valence-electron chi connectivity index (χ2n) is 8.46. The Bertz CT molecular complexity index is 1400. The fourth-order valence-corrected chi connectivity index (χ4v) is 4.23. The van der Waals surface area contributed by atoms with Gasteiger partial charge in [-0.3, -0.25) is 5.10 Å². The highest BCUT2D eigenvalue weighted by atomic mass is 16.5. The number of H-pyrrole nitrogens is 1. The van der Waals surface area contributed by atoms with Crippen LogP contribution in [0.15, 0.2) is 90.3 Å². The summed E-state index contributed by atoms with van der Waals surface area (Å²) in [5, 5.41) is 17.4. The summed E-state index contributed by atoms with van der Waals surface area (Å²) in [6, 6.07) is 27.7. The first-order valence-corrected chi connectivity index (χ1v) is 11.8. The summed E-state index contributed by atoms with van der Waals surface area (Å²) in [6.07, 6.45) is 0.928. The third kappa shape index (κ3) is 4.62. The van der Waals surface area contributed by atoms with Gasteiger partial charge in [-0.15, -0.1) is 5.10 Å². The Labute approximate surface area is 209 Å². The van der Waals surface area contributed by atoms with E-state index >= 15 is 0 Å². The van der Waals surface area contributed by atoms with E-state index in [1.54, 1.807) is 0 Å². The molecular weight excluding hydrogens is 452 g/mol. The number of nitrogens with two attached hydrogens (primary N) is 1. The number of nitriles is 1. The molecule has 3 aromatic carbocycles. The molecule has 2 heterocycles.